The second kappa shape index (κ2) is 8.75. The molecule has 1 N–H and O–H groups in total. The number of rotatable bonds is 6. The Kier molecular flexibility index (Phi) is 6.68. The van der Waals surface area contributed by atoms with Crippen molar-refractivity contribution in [1.82, 2.24) is 0 Å². The number of benzene rings is 2. The monoisotopic (exact) mass is 383 g/mol. The lowest BCUT2D eigenvalue weighted by Crippen LogP contribution is -2.30. The number of carbonyl (C=O) groups is 2. The molecule has 0 saturated heterocycles. The van der Waals surface area contributed by atoms with Crippen LogP contribution < -0.4 is 5.32 Å². The number of halogens is 3. The Morgan fingerprint density at radius 3 is 2.35 bits per heavy atom. The number of carbonyl (C=O) groups excluding carboxylic acids is 2. The number of alkyl halides is 2. The summed E-state index contributed by atoms with van der Waals surface area (Å²) in [5.74, 6) is -4.49. The molecule has 138 valence electrons. The molecular weight excluding hydrogens is 367 g/mol. The van der Waals surface area contributed by atoms with Crippen molar-refractivity contribution in [3.63, 3.8) is 0 Å². The van der Waals surface area contributed by atoms with E-state index in [1.807, 2.05) is 0 Å². The molecular formula is C18H16F3NO3S. The van der Waals surface area contributed by atoms with E-state index in [9.17, 15) is 22.8 Å². The maximum atomic E-state index is 13.5. The van der Waals surface area contributed by atoms with E-state index in [1.165, 1.54) is 43.3 Å². The molecule has 0 aliphatic carbocycles. The minimum absolute atomic E-state index is 0.00104. The van der Waals surface area contributed by atoms with Crippen molar-refractivity contribution in [2.75, 3.05) is 5.32 Å². The molecule has 0 radical (unpaired) electrons. The summed E-state index contributed by atoms with van der Waals surface area (Å²) in [4.78, 5) is 24.4. The number of esters is 1. The van der Waals surface area contributed by atoms with Crippen molar-refractivity contribution in [1.29, 1.82) is 0 Å². The summed E-state index contributed by atoms with van der Waals surface area (Å²) in [7, 11) is 0. The molecule has 0 saturated carbocycles. The van der Waals surface area contributed by atoms with E-state index in [0.717, 1.165) is 6.07 Å². The van der Waals surface area contributed by atoms with E-state index in [4.69, 9.17) is 4.74 Å². The SMILES string of the molecule is Cc1ccc(C(=O)O[C@@H](C)C(=O)Nc2ccc(SC(F)F)cc2)cc1F. The largest absolute Gasteiger partial charge is 0.449 e. The standard InChI is InChI=1S/C18H16F3NO3S/c1-10-3-4-12(9-15(10)19)17(24)25-11(2)16(23)22-13-5-7-14(8-6-13)26-18(20)21/h3-9,11,18H,1-2H3,(H,22,23)/t11-/m0/s1. The molecule has 0 aromatic heterocycles. The summed E-state index contributed by atoms with van der Waals surface area (Å²) in [5, 5.41) is 2.51. The van der Waals surface area contributed by atoms with Crippen molar-refractivity contribution >= 4 is 29.3 Å². The summed E-state index contributed by atoms with van der Waals surface area (Å²) in [5.41, 5.74) is 0.764. The van der Waals surface area contributed by atoms with Gasteiger partial charge in [0.1, 0.15) is 5.82 Å². The van der Waals surface area contributed by atoms with Crippen LogP contribution in [0.2, 0.25) is 0 Å². The first-order valence-corrected chi connectivity index (χ1v) is 8.47. The molecule has 0 fully saturated rings. The molecule has 1 atom stereocenters. The highest BCUT2D eigenvalue weighted by molar-refractivity contribution is 7.99. The molecule has 0 unspecified atom stereocenters. The lowest BCUT2D eigenvalue weighted by Gasteiger charge is -2.14. The summed E-state index contributed by atoms with van der Waals surface area (Å²) >= 11 is 0.394. The summed E-state index contributed by atoms with van der Waals surface area (Å²) in [6.07, 6.45) is -1.12. The van der Waals surface area contributed by atoms with Gasteiger partial charge in [-0.1, -0.05) is 17.8 Å². The van der Waals surface area contributed by atoms with Crippen molar-refractivity contribution in [3.05, 3.63) is 59.4 Å². The number of anilines is 1. The Morgan fingerprint density at radius 1 is 1.12 bits per heavy atom. The van der Waals surface area contributed by atoms with E-state index >= 15 is 0 Å². The van der Waals surface area contributed by atoms with Gasteiger partial charge in [0.15, 0.2) is 6.10 Å². The third-order valence-corrected chi connectivity index (χ3v) is 4.13. The number of thioether (sulfide) groups is 1. The van der Waals surface area contributed by atoms with Crippen molar-refractivity contribution in [2.24, 2.45) is 0 Å². The topological polar surface area (TPSA) is 55.4 Å². The summed E-state index contributed by atoms with van der Waals surface area (Å²) < 4.78 is 43.1. The number of aryl methyl sites for hydroxylation is 1. The van der Waals surface area contributed by atoms with Gasteiger partial charge in [0.05, 0.1) is 5.56 Å². The van der Waals surface area contributed by atoms with Gasteiger partial charge in [0.2, 0.25) is 0 Å². The molecule has 2 rings (SSSR count). The second-order valence-corrected chi connectivity index (χ2v) is 6.47. The predicted molar refractivity (Wildman–Crippen MR) is 92.9 cm³/mol. The minimum atomic E-state index is -2.53. The zero-order chi connectivity index (χ0) is 19.3. The molecule has 1 amide bonds. The van der Waals surface area contributed by atoms with Crippen molar-refractivity contribution in [2.45, 2.75) is 30.6 Å². The molecule has 0 aliphatic rings. The lowest BCUT2D eigenvalue weighted by atomic mass is 10.1. The highest BCUT2D eigenvalue weighted by atomic mass is 32.2. The minimum Gasteiger partial charge on any atom is -0.449 e. The molecule has 0 aliphatic heterocycles. The average Bonchev–Trinajstić information content (AvgIpc) is 2.58. The molecule has 2 aromatic carbocycles. The normalized spacial score (nSPS) is 11.9. The second-order valence-electron chi connectivity index (χ2n) is 5.40. The number of ether oxygens (including phenoxy) is 1. The van der Waals surface area contributed by atoms with Gasteiger partial charge in [-0.15, -0.1) is 0 Å². The van der Waals surface area contributed by atoms with Gasteiger partial charge in [-0.05, 0) is 55.8 Å². The van der Waals surface area contributed by atoms with Crippen LogP contribution in [0.4, 0.5) is 18.9 Å². The predicted octanol–water partition coefficient (Wildman–Crippen LogP) is 4.63. The lowest BCUT2D eigenvalue weighted by molar-refractivity contribution is -0.123. The van der Waals surface area contributed by atoms with Crippen LogP contribution >= 0.6 is 11.8 Å². The molecule has 4 nitrogen and oxygen atoms in total. The van der Waals surface area contributed by atoms with Crippen LogP contribution in [-0.4, -0.2) is 23.7 Å². The molecule has 0 spiro atoms. The van der Waals surface area contributed by atoms with Gasteiger partial charge in [0, 0.05) is 10.6 Å². The Hall–Kier alpha value is -2.48. The van der Waals surface area contributed by atoms with E-state index < -0.39 is 29.6 Å². The van der Waals surface area contributed by atoms with Gasteiger partial charge < -0.3 is 10.1 Å². The zero-order valence-electron chi connectivity index (χ0n) is 14.0. The Morgan fingerprint density at radius 2 is 1.77 bits per heavy atom. The van der Waals surface area contributed by atoms with Crippen LogP contribution in [0.25, 0.3) is 0 Å². The van der Waals surface area contributed by atoms with Crippen molar-refractivity contribution < 1.29 is 27.5 Å². The molecule has 0 bridgehead atoms. The first-order chi connectivity index (χ1) is 12.3. The van der Waals surface area contributed by atoms with E-state index in [-0.39, 0.29) is 5.56 Å². The number of hydrogen-bond acceptors (Lipinski definition) is 4. The van der Waals surface area contributed by atoms with Gasteiger partial charge >= 0.3 is 5.97 Å². The molecule has 0 heterocycles. The van der Waals surface area contributed by atoms with Gasteiger partial charge in [-0.2, -0.15) is 8.78 Å². The smallest absolute Gasteiger partial charge is 0.339 e. The zero-order valence-corrected chi connectivity index (χ0v) is 14.8. The highest BCUT2D eigenvalue weighted by Gasteiger charge is 2.19. The maximum Gasteiger partial charge on any atom is 0.339 e. The van der Waals surface area contributed by atoms with Crippen LogP contribution in [-0.2, 0) is 9.53 Å². The fraction of sp³-hybridized carbons (Fsp3) is 0.222. The first kappa shape index (κ1) is 19.8. The van der Waals surface area contributed by atoms with Crippen LogP contribution in [0.5, 0.6) is 0 Å². The van der Waals surface area contributed by atoms with Crippen LogP contribution in [0, 0.1) is 12.7 Å². The highest BCUT2D eigenvalue weighted by Crippen LogP contribution is 2.26. The van der Waals surface area contributed by atoms with Crippen LogP contribution in [0.1, 0.15) is 22.8 Å². The first-order valence-electron chi connectivity index (χ1n) is 7.59. The Bertz CT molecular complexity index is 797. The third-order valence-electron chi connectivity index (χ3n) is 3.41. The summed E-state index contributed by atoms with van der Waals surface area (Å²) in [6, 6.07) is 9.71. The van der Waals surface area contributed by atoms with E-state index in [0.29, 0.717) is 27.9 Å². The Balaban J connectivity index is 1.94. The van der Waals surface area contributed by atoms with Gasteiger partial charge in [-0.3, -0.25) is 4.79 Å². The maximum absolute atomic E-state index is 13.5. The van der Waals surface area contributed by atoms with E-state index in [1.54, 1.807) is 6.92 Å². The van der Waals surface area contributed by atoms with Crippen molar-refractivity contribution in [3.8, 4) is 0 Å². The Labute approximate surface area is 152 Å². The van der Waals surface area contributed by atoms with Crippen LogP contribution in [0.3, 0.4) is 0 Å². The fourth-order valence-corrected chi connectivity index (χ4v) is 2.46. The van der Waals surface area contributed by atoms with Gasteiger partial charge in [0.25, 0.3) is 11.7 Å². The molecule has 26 heavy (non-hydrogen) atoms. The third kappa shape index (κ3) is 5.52. The number of amides is 1. The quantitative estimate of drug-likeness (QED) is 0.584. The van der Waals surface area contributed by atoms with Gasteiger partial charge in [-0.25, -0.2) is 9.18 Å². The fourth-order valence-electron chi connectivity index (χ4n) is 1.97. The average molecular weight is 383 g/mol. The number of hydrogen-bond donors (Lipinski definition) is 1. The van der Waals surface area contributed by atoms with Crippen LogP contribution in [0.15, 0.2) is 47.4 Å². The van der Waals surface area contributed by atoms with E-state index in [2.05, 4.69) is 5.32 Å². The molecule has 2 aromatic rings. The number of nitrogens with one attached hydrogen (secondary N) is 1. The summed E-state index contributed by atoms with van der Waals surface area (Å²) in [6.45, 7) is 2.93. The molecule has 8 heteroatoms.